The SMILES string of the molecule is C[C@@H](CCCC(C)(C)O)Cc1c(-c2ccccc2)ncn1C1CCOCC1. The number of aromatic nitrogens is 2. The zero-order chi connectivity index (χ0) is 19.3. The normalized spacial score (nSPS) is 17.2. The highest BCUT2D eigenvalue weighted by Gasteiger charge is 2.23. The first kappa shape index (κ1) is 20.1. The van der Waals surface area contributed by atoms with Crippen molar-refractivity contribution in [1.82, 2.24) is 9.55 Å². The van der Waals surface area contributed by atoms with Gasteiger partial charge in [-0.15, -0.1) is 0 Å². The average Bonchev–Trinajstić information content (AvgIpc) is 3.05. The maximum Gasteiger partial charge on any atom is 0.0958 e. The van der Waals surface area contributed by atoms with Gasteiger partial charge in [0.25, 0.3) is 0 Å². The molecule has 1 aromatic heterocycles. The van der Waals surface area contributed by atoms with Gasteiger partial charge in [-0.2, -0.15) is 0 Å². The molecule has 1 aromatic carbocycles. The Morgan fingerprint density at radius 3 is 2.59 bits per heavy atom. The molecule has 0 unspecified atom stereocenters. The standard InChI is InChI=1S/C23H34N2O2/c1-18(8-7-13-23(2,3)26)16-21-22(19-9-5-4-6-10-19)24-17-25(21)20-11-14-27-15-12-20/h4-6,9-10,17-18,20,26H,7-8,11-16H2,1-3H3/t18-/m0/s1. The van der Waals surface area contributed by atoms with Crippen molar-refractivity contribution in [1.29, 1.82) is 0 Å². The van der Waals surface area contributed by atoms with E-state index in [2.05, 4.69) is 41.8 Å². The predicted molar refractivity (Wildman–Crippen MR) is 110 cm³/mol. The Morgan fingerprint density at radius 2 is 1.93 bits per heavy atom. The summed E-state index contributed by atoms with van der Waals surface area (Å²) in [6, 6.07) is 11.0. The second-order valence-electron chi connectivity index (χ2n) is 8.67. The minimum atomic E-state index is -0.571. The van der Waals surface area contributed by atoms with Crippen molar-refractivity contribution in [2.45, 2.75) is 70.9 Å². The van der Waals surface area contributed by atoms with Crippen LogP contribution >= 0.6 is 0 Å². The number of ether oxygens (including phenoxy) is 1. The molecule has 4 nitrogen and oxygen atoms in total. The quantitative estimate of drug-likeness (QED) is 0.709. The molecule has 0 aliphatic carbocycles. The number of aliphatic hydroxyl groups is 1. The van der Waals surface area contributed by atoms with Crippen molar-refractivity contribution in [3.8, 4) is 11.3 Å². The number of hydrogen-bond donors (Lipinski definition) is 1. The Balaban J connectivity index is 1.78. The van der Waals surface area contributed by atoms with E-state index >= 15 is 0 Å². The van der Waals surface area contributed by atoms with E-state index in [1.165, 1.54) is 11.3 Å². The van der Waals surface area contributed by atoms with Crippen LogP contribution in [0.1, 0.15) is 64.6 Å². The van der Waals surface area contributed by atoms with Gasteiger partial charge in [-0.3, -0.25) is 0 Å². The molecule has 2 aromatic rings. The van der Waals surface area contributed by atoms with Gasteiger partial charge in [-0.25, -0.2) is 4.98 Å². The number of nitrogens with zero attached hydrogens (tertiary/aromatic N) is 2. The summed E-state index contributed by atoms with van der Waals surface area (Å²) in [4.78, 5) is 4.82. The molecular weight excluding hydrogens is 336 g/mol. The van der Waals surface area contributed by atoms with Crippen LogP contribution in [0.4, 0.5) is 0 Å². The number of benzene rings is 1. The number of imidazole rings is 1. The van der Waals surface area contributed by atoms with E-state index < -0.39 is 5.60 Å². The first-order chi connectivity index (χ1) is 12.9. The van der Waals surface area contributed by atoms with E-state index in [1.807, 2.05) is 20.2 Å². The largest absolute Gasteiger partial charge is 0.390 e. The molecule has 0 radical (unpaired) electrons. The highest BCUT2D eigenvalue weighted by Crippen LogP contribution is 2.31. The van der Waals surface area contributed by atoms with Crippen molar-refractivity contribution in [2.24, 2.45) is 5.92 Å². The Kier molecular flexibility index (Phi) is 6.72. The number of rotatable bonds is 8. The molecule has 1 aliphatic heterocycles. The zero-order valence-corrected chi connectivity index (χ0v) is 17.0. The fraction of sp³-hybridized carbons (Fsp3) is 0.609. The second-order valence-corrected chi connectivity index (χ2v) is 8.67. The molecule has 0 bridgehead atoms. The van der Waals surface area contributed by atoms with Crippen molar-refractivity contribution in [2.75, 3.05) is 13.2 Å². The molecule has 0 spiro atoms. The van der Waals surface area contributed by atoms with Gasteiger partial charge in [0, 0.05) is 30.5 Å². The third kappa shape index (κ3) is 5.66. The van der Waals surface area contributed by atoms with Crippen LogP contribution in [-0.2, 0) is 11.2 Å². The molecule has 0 amide bonds. The van der Waals surface area contributed by atoms with Crippen LogP contribution in [-0.4, -0.2) is 33.5 Å². The Labute approximate surface area is 163 Å². The summed E-state index contributed by atoms with van der Waals surface area (Å²) < 4.78 is 7.98. The van der Waals surface area contributed by atoms with Gasteiger partial charge >= 0.3 is 0 Å². The maximum absolute atomic E-state index is 9.97. The fourth-order valence-electron chi connectivity index (χ4n) is 4.02. The molecular formula is C23H34N2O2. The summed E-state index contributed by atoms with van der Waals surface area (Å²) in [6.45, 7) is 7.78. The van der Waals surface area contributed by atoms with Gasteiger partial charge in [0.05, 0.1) is 17.6 Å². The minimum Gasteiger partial charge on any atom is -0.390 e. The van der Waals surface area contributed by atoms with Gasteiger partial charge in [-0.1, -0.05) is 50.1 Å². The van der Waals surface area contributed by atoms with Crippen LogP contribution in [0.5, 0.6) is 0 Å². The van der Waals surface area contributed by atoms with Crippen LogP contribution in [0.15, 0.2) is 36.7 Å². The topological polar surface area (TPSA) is 47.3 Å². The molecule has 2 heterocycles. The Hall–Kier alpha value is -1.65. The van der Waals surface area contributed by atoms with Gasteiger partial charge in [-0.05, 0) is 45.4 Å². The monoisotopic (exact) mass is 370 g/mol. The van der Waals surface area contributed by atoms with Crippen molar-refractivity contribution < 1.29 is 9.84 Å². The molecule has 0 saturated carbocycles. The van der Waals surface area contributed by atoms with E-state index in [1.54, 1.807) is 0 Å². The Bertz CT molecular complexity index is 697. The lowest BCUT2D eigenvalue weighted by atomic mass is 9.93. The fourth-order valence-corrected chi connectivity index (χ4v) is 4.02. The molecule has 4 heteroatoms. The number of hydrogen-bond acceptors (Lipinski definition) is 3. The van der Waals surface area contributed by atoms with Crippen molar-refractivity contribution in [3.63, 3.8) is 0 Å². The third-order valence-corrected chi connectivity index (χ3v) is 5.56. The summed E-state index contributed by atoms with van der Waals surface area (Å²) >= 11 is 0. The molecule has 27 heavy (non-hydrogen) atoms. The lowest BCUT2D eigenvalue weighted by Gasteiger charge is -2.26. The van der Waals surface area contributed by atoms with Gasteiger partial charge in [0.2, 0.25) is 0 Å². The lowest BCUT2D eigenvalue weighted by molar-refractivity contribution is 0.0667. The molecule has 1 aliphatic rings. The van der Waals surface area contributed by atoms with Crippen LogP contribution in [0, 0.1) is 5.92 Å². The summed E-state index contributed by atoms with van der Waals surface area (Å²) in [5.74, 6) is 0.560. The molecule has 1 saturated heterocycles. The summed E-state index contributed by atoms with van der Waals surface area (Å²) in [7, 11) is 0. The van der Waals surface area contributed by atoms with Crippen molar-refractivity contribution >= 4 is 0 Å². The molecule has 1 atom stereocenters. The van der Waals surface area contributed by atoms with Crippen molar-refractivity contribution in [3.05, 3.63) is 42.4 Å². The van der Waals surface area contributed by atoms with E-state index in [4.69, 9.17) is 9.72 Å². The van der Waals surface area contributed by atoms with Crippen LogP contribution in [0.25, 0.3) is 11.3 Å². The second kappa shape index (κ2) is 9.03. The van der Waals surface area contributed by atoms with E-state index in [0.717, 1.165) is 57.4 Å². The first-order valence-corrected chi connectivity index (χ1v) is 10.4. The first-order valence-electron chi connectivity index (χ1n) is 10.4. The zero-order valence-electron chi connectivity index (χ0n) is 17.0. The summed E-state index contributed by atoms with van der Waals surface area (Å²) in [5, 5.41) is 9.97. The van der Waals surface area contributed by atoms with Crippen LogP contribution < -0.4 is 0 Å². The molecule has 3 rings (SSSR count). The van der Waals surface area contributed by atoms with E-state index in [0.29, 0.717) is 12.0 Å². The summed E-state index contributed by atoms with van der Waals surface area (Å²) in [6.07, 6.45) is 8.20. The van der Waals surface area contributed by atoms with E-state index in [9.17, 15) is 5.11 Å². The molecule has 1 fully saturated rings. The van der Waals surface area contributed by atoms with Crippen LogP contribution in [0.2, 0.25) is 0 Å². The highest BCUT2D eigenvalue weighted by molar-refractivity contribution is 5.62. The average molecular weight is 371 g/mol. The maximum atomic E-state index is 9.97. The van der Waals surface area contributed by atoms with Crippen LogP contribution in [0.3, 0.4) is 0 Å². The minimum absolute atomic E-state index is 0.488. The van der Waals surface area contributed by atoms with Gasteiger partial charge in [0.1, 0.15) is 0 Å². The Morgan fingerprint density at radius 1 is 1.22 bits per heavy atom. The summed E-state index contributed by atoms with van der Waals surface area (Å²) in [5.41, 5.74) is 3.10. The van der Waals surface area contributed by atoms with Gasteiger partial charge in [0.15, 0.2) is 0 Å². The highest BCUT2D eigenvalue weighted by atomic mass is 16.5. The lowest BCUT2D eigenvalue weighted by Crippen LogP contribution is -2.21. The third-order valence-electron chi connectivity index (χ3n) is 5.56. The smallest absolute Gasteiger partial charge is 0.0958 e. The van der Waals surface area contributed by atoms with Gasteiger partial charge < -0.3 is 14.4 Å². The molecule has 1 N–H and O–H groups in total. The molecule has 148 valence electrons. The van der Waals surface area contributed by atoms with E-state index in [-0.39, 0.29) is 0 Å². The predicted octanol–water partition coefficient (Wildman–Crippen LogP) is 5.02.